The second-order valence-corrected chi connectivity index (χ2v) is 8.44. The molecule has 7 heteroatoms. The molecule has 2 aromatic heterocycles. The number of halogens is 1. The lowest BCUT2D eigenvalue weighted by atomic mass is 10.1. The van der Waals surface area contributed by atoms with Gasteiger partial charge in [-0.1, -0.05) is 6.07 Å². The van der Waals surface area contributed by atoms with E-state index in [-0.39, 0.29) is 18.1 Å². The molecule has 0 saturated heterocycles. The first-order valence-corrected chi connectivity index (χ1v) is 10.6. The van der Waals surface area contributed by atoms with Crippen molar-refractivity contribution in [3.05, 3.63) is 81.1 Å². The standard InChI is InChI=1S/C23H23FN2O3S/c1-28-21-3-2-17(10-20(21)24)11-23(27)26-9-6-22-18(13-26)12-19(30-22)15-29-14-16-4-7-25-8-5-16/h2-5,7-8,10,12H,6,9,11,13-15H2,1H3. The largest absolute Gasteiger partial charge is 0.494 e. The summed E-state index contributed by atoms with van der Waals surface area (Å²) in [5.74, 6) is -0.254. The second-order valence-electron chi connectivity index (χ2n) is 7.22. The lowest BCUT2D eigenvalue weighted by Gasteiger charge is -2.27. The Labute approximate surface area is 179 Å². The fraction of sp³-hybridized carbons (Fsp3) is 0.304. The molecule has 0 bridgehead atoms. The number of pyridine rings is 1. The van der Waals surface area contributed by atoms with Crippen LogP contribution in [0.1, 0.15) is 26.4 Å². The number of ether oxygens (including phenoxy) is 2. The van der Waals surface area contributed by atoms with E-state index in [9.17, 15) is 9.18 Å². The van der Waals surface area contributed by atoms with E-state index in [2.05, 4.69) is 11.1 Å². The van der Waals surface area contributed by atoms with Crippen LogP contribution in [0.15, 0.2) is 48.8 Å². The average molecular weight is 427 g/mol. The van der Waals surface area contributed by atoms with E-state index < -0.39 is 5.82 Å². The Bertz CT molecular complexity index is 1020. The zero-order valence-electron chi connectivity index (χ0n) is 16.8. The van der Waals surface area contributed by atoms with Crippen molar-refractivity contribution < 1.29 is 18.7 Å². The van der Waals surface area contributed by atoms with E-state index in [4.69, 9.17) is 9.47 Å². The second kappa shape index (κ2) is 9.36. The van der Waals surface area contributed by atoms with Crippen LogP contribution >= 0.6 is 11.3 Å². The fourth-order valence-electron chi connectivity index (χ4n) is 3.53. The predicted octanol–water partition coefficient (Wildman–Crippen LogP) is 4.14. The lowest BCUT2D eigenvalue weighted by molar-refractivity contribution is -0.131. The number of nitrogens with zero attached hydrogens (tertiary/aromatic N) is 2. The van der Waals surface area contributed by atoms with Gasteiger partial charge in [-0.3, -0.25) is 9.78 Å². The van der Waals surface area contributed by atoms with Crippen molar-refractivity contribution in [3.8, 4) is 5.75 Å². The minimum absolute atomic E-state index is 0.00639. The summed E-state index contributed by atoms with van der Waals surface area (Å²) in [6.45, 7) is 2.38. The van der Waals surface area contributed by atoms with Gasteiger partial charge in [0, 0.05) is 35.2 Å². The van der Waals surface area contributed by atoms with Crippen LogP contribution in [0.3, 0.4) is 0 Å². The predicted molar refractivity (Wildman–Crippen MR) is 113 cm³/mol. The van der Waals surface area contributed by atoms with Crippen LogP contribution in [0.25, 0.3) is 0 Å². The number of hydrogen-bond donors (Lipinski definition) is 0. The highest BCUT2D eigenvalue weighted by Crippen LogP contribution is 2.29. The van der Waals surface area contributed by atoms with Gasteiger partial charge in [-0.05, 0) is 53.4 Å². The van der Waals surface area contributed by atoms with E-state index in [1.807, 2.05) is 17.0 Å². The average Bonchev–Trinajstić information content (AvgIpc) is 3.16. The normalized spacial score (nSPS) is 13.2. The maximum atomic E-state index is 13.9. The Kier molecular flexibility index (Phi) is 6.40. The first kappa shape index (κ1) is 20.5. The molecule has 156 valence electrons. The number of methoxy groups -OCH3 is 1. The van der Waals surface area contributed by atoms with Gasteiger partial charge in [0.15, 0.2) is 11.6 Å². The van der Waals surface area contributed by atoms with Gasteiger partial charge in [0.1, 0.15) is 0 Å². The molecule has 1 aliphatic heterocycles. The van der Waals surface area contributed by atoms with Crippen LogP contribution in [0.5, 0.6) is 5.75 Å². The SMILES string of the molecule is COc1ccc(CC(=O)N2CCc3sc(COCc4ccncc4)cc3C2)cc1F. The molecule has 4 rings (SSSR count). The molecule has 0 atom stereocenters. The van der Waals surface area contributed by atoms with Gasteiger partial charge in [-0.2, -0.15) is 0 Å². The summed E-state index contributed by atoms with van der Waals surface area (Å²) >= 11 is 1.76. The number of thiophene rings is 1. The highest BCUT2D eigenvalue weighted by Gasteiger charge is 2.23. The molecule has 1 aliphatic rings. The Morgan fingerprint density at radius 3 is 2.77 bits per heavy atom. The third-order valence-electron chi connectivity index (χ3n) is 5.10. The number of hydrogen-bond acceptors (Lipinski definition) is 5. The highest BCUT2D eigenvalue weighted by atomic mass is 32.1. The smallest absolute Gasteiger partial charge is 0.227 e. The van der Waals surface area contributed by atoms with E-state index in [1.54, 1.807) is 35.9 Å². The number of benzene rings is 1. The number of carbonyl (C=O) groups is 1. The molecular weight excluding hydrogens is 403 g/mol. The molecule has 3 aromatic rings. The maximum absolute atomic E-state index is 13.9. The zero-order chi connectivity index (χ0) is 20.9. The molecule has 0 spiro atoms. The molecule has 0 radical (unpaired) electrons. The Morgan fingerprint density at radius 2 is 2.00 bits per heavy atom. The Hall–Kier alpha value is -2.77. The van der Waals surface area contributed by atoms with Crippen LogP contribution in [-0.2, 0) is 42.1 Å². The molecule has 30 heavy (non-hydrogen) atoms. The van der Waals surface area contributed by atoms with Gasteiger partial charge in [0.05, 0.1) is 26.7 Å². The molecule has 0 aliphatic carbocycles. The van der Waals surface area contributed by atoms with E-state index in [0.717, 1.165) is 12.0 Å². The van der Waals surface area contributed by atoms with Crippen molar-refractivity contribution in [3.63, 3.8) is 0 Å². The zero-order valence-corrected chi connectivity index (χ0v) is 17.6. The van der Waals surface area contributed by atoms with Crippen molar-refractivity contribution in [1.82, 2.24) is 9.88 Å². The van der Waals surface area contributed by atoms with Crippen LogP contribution in [0.4, 0.5) is 4.39 Å². The topological polar surface area (TPSA) is 51.7 Å². The number of aromatic nitrogens is 1. The monoisotopic (exact) mass is 426 g/mol. The first-order chi connectivity index (χ1) is 14.6. The molecule has 0 saturated carbocycles. The van der Waals surface area contributed by atoms with Crippen molar-refractivity contribution in [2.75, 3.05) is 13.7 Å². The fourth-order valence-corrected chi connectivity index (χ4v) is 4.64. The van der Waals surface area contributed by atoms with Crippen molar-refractivity contribution >= 4 is 17.2 Å². The van der Waals surface area contributed by atoms with Crippen LogP contribution in [0, 0.1) is 5.82 Å². The summed E-state index contributed by atoms with van der Waals surface area (Å²) < 4.78 is 24.6. The number of fused-ring (bicyclic) bond motifs is 1. The number of carbonyl (C=O) groups excluding carboxylic acids is 1. The Morgan fingerprint density at radius 1 is 1.17 bits per heavy atom. The van der Waals surface area contributed by atoms with Crippen molar-refractivity contribution in [2.24, 2.45) is 0 Å². The van der Waals surface area contributed by atoms with Gasteiger partial charge in [0.2, 0.25) is 5.91 Å². The van der Waals surface area contributed by atoms with Gasteiger partial charge in [-0.15, -0.1) is 11.3 Å². The molecule has 3 heterocycles. The third-order valence-corrected chi connectivity index (χ3v) is 6.31. The molecule has 0 N–H and O–H groups in total. The molecule has 5 nitrogen and oxygen atoms in total. The summed E-state index contributed by atoms with van der Waals surface area (Å²) in [6.07, 6.45) is 4.54. The highest BCUT2D eigenvalue weighted by molar-refractivity contribution is 7.12. The van der Waals surface area contributed by atoms with Gasteiger partial charge in [0.25, 0.3) is 0 Å². The summed E-state index contributed by atoms with van der Waals surface area (Å²) in [5, 5.41) is 0. The number of amides is 1. The minimum Gasteiger partial charge on any atom is -0.494 e. The van der Waals surface area contributed by atoms with E-state index >= 15 is 0 Å². The van der Waals surface area contributed by atoms with Crippen LogP contribution in [-0.4, -0.2) is 29.4 Å². The van der Waals surface area contributed by atoms with Gasteiger partial charge < -0.3 is 14.4 Å². The molecule has 0 unspecified atom stereocenters. The minimum atomic E-state index is -0.446. The van der Waals surface area contributed by atoms with Crippen molar-refractivity contribution in [2.45, 2.75) is 32.6 Å². The maximum Gasteiger partial charge on any atom is 0.227 e. The third kappa shape index (κ3) is 4.86. The molecule has 0 fully saturated rings. The molecule has 1 amide bonds. The van der Waals surface area contributed by atoms with Crippen LogP contribution in [0.2, 0.25) is 0 Å². The van der Waals surface area contributed by atoms with Gasteiger partial charge >= 0.3 is 0 Å². The summed E-state index contributed by atoms with van der Waals surface area (Å²) in [5.41, 5.74) is 2.93. The summed E-state index contributed by atoms with van der Waals surface area (Å²) in [6, 6.07) is 10.7. The van der Waals surface area contributed by atoms with Crippen molar-refractivity contribution in [1.29, 1.82) is 0 Å². The first-order valence-electron chi connectivity index (χ1n) is 9.79. The van der Waals surface area contributed by atoms with Gasteiger partial charge in [-0.25, -0.2) is 4.39 Å². The Balaban J connectivity index is 1.33. The lowest BCUT2D eigenvalue weighted by Crippen LogP contribution is -2.36. The van der Waals surface area contributed by atoms with E-state index in [0.29, 0.717) is 31.9 Å². The quantitative estimate of drug-likeness (QED) is 0.570. The molecular formula is C23H23FN2O3S. The van der Waals surface area contributed by atoms with Crippen LogP contribution < -0.4 is 4.74 Å². The summed E-state index contributed by atoms with van der Waals surface area (Å²) in [4.78, 5) is 21.1. The summed E-state index contributed by atoms with van der Waals surface area (Å²) in [7, 11) is 1.42. The molecule has 1 aromatic carbocycles. The number of rotatable bonds is 7. The van der Waals surface area contributed by atoms with E-state index in [1.165, 1.54) is 28.5 Å².